The van der Waals surface area contributed by atoms with Gasteiger partial charge in [0, 0.05) is 36.9 Å². The Morgan fingerprint density at radius 3 is 2.96 bits per heavy atom. The highest BCUT2D eigenvalue weighted by molar-refractivity contribution is 7.19. The second-order valence-electron chi connectivity index (χ2n) is 5.83. The fourth-order valence-corrected chi connectivity index (χ4v) is 4.29. The van der Waals surface area contributed by atoms with Gasteiger partial charge >= 0.3 is 0 Å². The van der Waals surface area contributed by atoms with Crippen LogP contribution in [0.15, 0.2) is 18.3 Å². The third-order valence-corrected chi connectivity index (χ3v) is 5.54. The van der Waals surface area contributed by atoms with Crippen LogP contribution in [0.2, 0.25) is 0 Å². The van der Waals surface area contributed by atoms with E-state index in [1.54, 1.807) is 16.2 Å². The van der Waals surface area contributed by atoms with Crippen molar-refractivity contribution in [2.24, 2.45) is 0 Å². The standard InChI is InChI=1S/C16H16BN5OS/c1-9-8-19-14-13(18-2)20-11-7-12(24-15(11)22(9)14)10-3-5-21(6-4-10)16(17)23/h3,7-8H,4-6H2,1-2H3,(H,18,20). The number of fused-ring (bicyclic) bond motifs is 3. The second-order valence-corrected chi connectivity index (χ2v) is 6.86. The van der Waals surface area contributed by atoms with Crippen LogP contribution in [0.3, 0.4) is 0 Å². The number of rotatable bonds is 2. The van der Waals surface area contributed by atoms with Crippen molar-refractivity contribution in [3.8, 4) is 0 Å². The molecule has 1 amide bonds. The first-order valence-electron chi connectivity index (χ1n) is 7.77. The maximum Gasteiger partial charge on any atom is 0.200 e. The first-order valence-corrected chi connectivity index (χ1v) is 8.59. The fraction of sp³-hybridized carbons (Fsp3) is 0.312. The molecule has 1 aliphatic heterocycles. The Hall–Kier alpha value is -2.35. The molecule has 0 saturated carbocycles. The van der Waals surface area contributed by atoms with Gasteiger partial charge in [-0.25, -0.2) is 9.97 Å². The molecule has 0 unspecified atom stereocenters. The van der Waals surface area contributed by atoms with Crippen molar-refractivity contribution < 1.29 is 4.79 Å². The van der Waals surface area contributed by atoms with Crippen molar-refractivity contribution in [3.63, 3.8) is 0 Å². The van der Waals surface area contributed by atoms with Crippen molar-refractivity contribution in [1.82, 2.24) is 19.3 Å². The largest absolute Gasteiger partial charge is 0.370 e. The summed E-state index contributed by atoms with van der Waals surface area (Å²) in [6, 6.07) is 2.12. The zero-order chi connectivity index (χ0) is 16.8. The lowest BCUT2D eigenvalue weighted by atomic mass is 10.0. The van der Waals surface area contributed by atoms with Crippen molar-refractivity contribution in [2.75, 3.05) is 25.5 Å². The first kappa shape index (κ1) is 15.2. The van der Waals surface area contributed by atoms with Gasteiger partial charge in [-0.15, -0.1) is 11.3 Å². The van der Waals surface area contributed by atoms with Gasteiger partial charge in [0.2, 0.25) is 7.85 Å². The average Bonchev–Trinajstić information content (AvgIpc) is 3.17. The van der Waals surface area contributed by atoms with E-state index in [-0.39, 0.29) is 5.81 Å². The van der Waals surface area contributed by atoms with Gasteiger partial charge in [-0.1, -0.05) is 6.08 Å². The topological polar surface area (TPSA) is 62.5 Å². The Bertz CT molecular complexity index is 989. The predicted octanol–water partition coefficient (Wildman–Crippen LogP) is 2.67. The van der Waals surface area contributed by atoms with Crippen LogP contribution in [0.1, 0.15) is 17.0 Å². The Morgan fingerprint density at radius 1 is 1.46 bits per heavy atom. The smallest absolute Gasteiger partial charge is 0.200 e. The molecular weight excluding hydrogens is 321 g/mol. The van der Waals surface area contributed by atoms with Gasteiger partial charge in [0.15, 0.2) is 17.3 Å². The number of anilines is 1. The number of amides is 1. The van der Waals surface area contributed by atoms with Crippen molar-refractivity contribution >= 4 is 52.4 Å². The zero-order valence-corrected chi connectivity index (χ0v) is 14.4. The van der Waals surface area contributed by atoms with E-state index < -0.39 is 0 Å². The van der Waals surface area contributed by atoms with Crippen LogP contribution in [0, 0.1) is 6.92 Å². The zero-order valence-electron chi connectivity index (χ0n) is 13.5. The molecule has 2 radical (unpaired) electrons. The van der Waals surface area contributed by atoms with Gasteiger partial charge in [0.1, 0.15) is 10.3 Å². The SMILES string of the molecule is [B]C(=O)N1CC=C(c2cc3nc(NC)c4ncc(C)n4c3s2)CC1. The van der Waals surface area contributed by atoms with Gasteiger partial charge in [-0.05, 0) is 25.0 Å². The van der Waals surface area contributed by atoms with Crippen LogP contribution < -0.4 is 5.32 Å². The maximum absolute atomic E-state index is 11.3. The van der Waals surface area contributed by atoms with Crippen molar-refractivity contribution in [3.05, 3.63) is 28.9 Å². The molecule has 120 valence electrons. The van der Waals surface area contributed by atoms with Gasteiger partial charge < -0.3 is 10.2 Å². The summed E-state index contributed by atoms with van der Waals surface area (Å²) in [6.45, 7) is 3.26. The molecule has 4 rings (SSSR count). The van der Waals surface area contributed by atoms with Crippen LogP contribution in [0.5, 0.6) is 0 Å². The molecule has 1 aliphatic rings. The average molecular weight is 337 g/mol. The molecule has 3 aromatic heterocycles. The van der Waals surface area contributed by atoms with E-state index in [1.807, 2.05) is 20.2 Å². The van der Waals surface area contributed by atoms with Crippen LogP contribution in [-0.2, 0) is 0 Å². The molecule has 0 saturated heterocycles. The highest BCUT2D eigenvalue weighted by atomic mass is 32.1. The first-order chi connectivity index (χ1) is 11.6. The quantitative estimate of drug-likeness (QED) is 0.731. The number of imidazole rings is 1. The number of aryl methyl sites for hydroxylation is 1. The minimum Gasteiger partial charge on any atom is -0.370 e. The lowest BCUT2D eigenvalue weighted by Gasteiger charge is -2.25. The van der Waals surface area contributed by atoms with E-state index in [4.69, 9.17) is 12.8 Å². The highest BCUT2D eigenvalue weighted by Crippen LogP contribution is 2.34. The molecule has 3 aromatic rings. The fourth-order valence-electron chi connectivity index (χ4n) is 3.06. The summed E-state index contributed by atoms with van der Waals surface area (Å²) in [6.07, 6.45) is 4.75. The Labute approximate surface area is 144 Å². The number of hydrogen-bond acceptors (Lipinski definition) is 5. The molecule has 24 heavy (non-hydrogen) atoms. The van der Waals surface area contributed by atoms with Crippen LogP contribution in [-0.4, -0.2) is 53.1 Å². The molecular formula is C16H16BN5OS. The second kappa shape index (κ2) is 5.63. The van der Waals surface area contributed by atoms with E-state index in [1.165, 1.54) is 10.5 Å². The molecule has 1 N–H and O–H groups in total. The summed E-state index contributed by atoms with van der Waals surface area (Å²) in [5.74, 6) is 0.412. The van der Waals surface area contributed by atoms with Crippen LogP contribution in [0.25, 0.3) is 21.6 Å². The molecule has 8 heteroatoms. The minimum absolute atomic E-state index is 0.363. The van der Waals surface area contributed by atoms with E-state index in [0.717, 1.165) is 33.9 Å². The summed E-state index contributed by atoms with van der Waals surface area (Å²) in [5, 5.41) is 3.12. The van der Waals surface area contributed by atoms with E-state index >= 15 is 0 Å². The molecule has 0 fully saturated rings. The number of carbonyl (C=O) groups excluding carboxylic acids is 1. The molecule has 6 nitrogen and oxygen atoms in total. The predicted molar refractivity (Wildman–Crippen MR) is 98.0 cm³/mol. The van der Waals surface area contributed by atoms with Gasteiger partial charge in [-0.3, -0.25) is 9.20 Å². The Morgan fingerprint density at radius 2 is 2.29 bits per heavy atom. The molecule has 4 heterocycles. The third-order valence-electron chi connectivity index (χ3n) is 4.35. The normalized spacial score (nSPS) is 15.1. The number of hydrogen-bond donors (Lipinski definition) is 1. The summed E-state index contributed by atoms with van der Waals surface area (Å²) in [7, 11) is 7.20. The van der Waals surface area contributed by atoms with Crippen molar-refractivity contribution in [1.29, 1.82) is 0 Å². The summed E-state index contributed by atoms with van der Waals surface area (Å²) in [5.41, 5.74) is 4.12. The lowest BCUT2D eigenvalue weighted by molar-refractivity contribution is 0.227. The van der Waals surface area contributed by atoms with E-state index in [9.17, 15) is 4.79 Å². The van der Waals surface area contributed by atoms with Crippen LogP contribution >= 0.6 is 11.3 Å². The lowest BCUT2D eigenvalue weighted by Crippen LogP contribution is -2.33. The Kier molecular flexibility index (Phi) is 3.56. The van der Waals surface area contributed by atoms with Crippen molar-refractivity contribution in [2.45, 2.75) is 13.3 Å². The molecule has 0 bridgehead atoms. The molecule has 0 spiro atoms. The maximum atomic E-state index is 11.3. The molecule has 0 atom stereocenters. The third kappa shape index (κ3) is 2.29. The number of carbonyl (C=O) groups is 1. The number of nitrogens with zero attached hydrogens (tertiary/aromatic N) is 4. The minimum atomic E-state index is -0.363. The number of thiophene rings is 1. The molecule has 0 aromatic carbocycles. The summed E-state index contributed by atoms with van der Waals surface area (Å²) >= 11 is 1.71. The highest BCUT2D eigenvalue weighted by Gasteiger charge is 2.18. The van der Waals surface area contributed by atoms with Gasteiger partial charge in [-0.2, -0.15) is 0 Å². The summed E-state index contributed by atoms with van der Waals surface area (Å²) < 4.78 is 2.14. The van der Waals surface area contributed by atoms with E-state index in [0.29, 0.717) is 13.1 Å². The number of nitrogens with one attached hydrogen (secondary N) is 1. The Balaban J connectivity index is 1.83. The monoisotopic (exact) mass is 337 g/mol. The summed E-state index contributed by atoms with van der Waals surface area (Å²) in [4.78, 5) is 24.3. The van der Waals surface area contributed by atoms with Gasteiger partial charge in [0.25, 0.3) is 0 Å². The van der Waals surface area contributed by atoms with Crippen LogP contribution in [0.4, 0.5) is 10.6 Å². The van der Waals surface area contributed by atoms with Gasteiger partial charge in [0.05, 0.1) is 0 Å². The van der Waals surface area contributed by atoms with E-state index in [2.05, 4.69) is 26.8 Å². The number of aromatic nitrogens is 3. The molecule has 0 aliphatic carbocycles.